The number of aliphatic hydroxyl groups excluding tert-OH is 1. The minimum absolute atomic E-state index is 0.0786. The molecule has 0 atom stereocenters. The lowest BCUT2D eigenvalue weighted by molar-refractivity contribution is 0.271. The summed E-state index contributed by atoms with van der Waals surface area (Å²) < 4.78 is 2.48. The summed E-state index contributed by atoms with van der Waals surface area (Å²) in [7, 11) is 1.75. The van der Waals surface area contributed by atoms with E-state index in [0.29, 0.717) is 11.4 Å². The van der Waals surface area contributed by atoms with Gasteiger partial charge in [-0.25, -0.2) is 9.67 Å². The second-order valence-corrected chi connectivity index (χ2v) is 4.14. The maximum absolute atomic E-state index is 9.18. The van der Waals surface area contributed by atoms with Crippen molar-refractivity contribution in [3.05, 3.63) is 27.7 Å². The Balaban J connectivity index is 2.49. The van der Waals surface area contributed by atoms with Gasteiger partial charge in [0, 0.05) is 18.8 Å². The summed E-state index contributed by atoms with van der Waals surface area (Å²) in [5.74, 6) is 0. The Labute approximate surface area is 100 Å². The molecule has 15 heavy (non-hydrogen) atoms. The Morgan fingerprint density at radius 1 is 1.47 bits per heavy atom. The minimum Gasteiger partial charge on any atom is -0.390 e. The smallest absolute Gasteiger partial charge is 0.120 e. The van der Waals surface area contributed by atoms with Crippen LogP contribution in [0.5, 0.6) is 0 Å². The fourth-order valence-corrected chi connectivity index (χ4v) is 1.61. The van der Waals surface area contributed by atoms with Crippen LogP contribution in [0.2, 0.25) is 0 Å². The molecule has 0 amide bonds. The maximum atomic E-state index is 9.18. The van der Waals surface area contributed by atoms with Crippen molar-refractivity contribution in [1.82, 2.24) is 20.0 Å². The third-order valence-corrected chi connectivity index (χ3v) is 2.73. The van der Waals surface area contributed by atoms with Gasteiger partial charge in [0.15, 0.2) is 0 Å². The molecule has 0 radical (unpaired) electrons. The number of aliphatic hydroxyl groups is 1. The Hall–Kier alpha value is -1.02. The van der Waals surface area contributed by atoms with E-state index in [-0.39, 0.29) is 6.61 Å². The van der Waals surface area contributed by atoms with E-state index in [1.54, 1.807) is 17.9 Å². The first-order valence-electron chi connectivity index (χ1n) is 4.33. The summed E-state index contributed by atoms with van der Waals surface area (Å²) in [6, 6.07) is 3.81. The van der Waals surface area contributed by atoms with Gasteiger partial charge in [-0.1, -0.05) is 5.21 Å². The van der Waals surface area contributed by atoms with Gasteiger partial charge in [-0.2, -0.15) is 0 Å². The molecule has 6 heteroatoms. The molecule has 5 nitrogen and oxygen atoms in total. The van der Waals surface area contributed by atoms with Crippen LogP contribution in [-0.2, 0) is 13.7 Å². The van der Waals surface area contributed by atoms with Crippen LogP contribution in [0.25, 0.3) is 11.3 Å². The van der Waals surface area contributed by atoms with Crippen molar-refractivity contribution in [1.29, 1.82) is 0 Å². The molecule has 0 aliphatic heterocycles. The maximum Gasteiger partial charge on any atom is 0.120 e. The van der Waals surface area contributed by atoms with Crippen LogP contribution in [0.3, 0.4) is 0 Å². The van der Waals surface area contributed by atoms with E-state index in [0.717, 1.165) is 9.26 Å². The molecule has 0 spiro atoms. The lowest BCUT2D eigenvalue weighted by Gasteiger charge is -2.00. The van der Waals surface area contributed by atoms with E-state index in [2.05, 4.69) is 37.9 Å². The van der Waals surface area contributed by atoms with Gasteiger partial charge < -0.3 is 5.11 Å². The molecule has 2 aromatic heterocycles. The van der Waals surface area contributed by atoms with Crippen LogP contribution in [0.4, 0.5) is 0 Å². The number of halogens is 1. The standard InChI is InChI=1S/C9H9IN4O/c1-14-7(5-15)9(12-13-14)6-2-3-8(10)11-4-6/h2-4,15H,5H2,1H3. The average molecular weight is 316 g/mol. The Morgan fingerprint density at radius 3 is 2.87 bits per heavy atom. The summed E-state index contributed by atoms with van der Waals surface area (Å²) in [5, 5.41) is 17.0. The first kappa shape index (κ1) is 10.5. The first-order valence-corrected chi connectivity index (χ1v) is 5.41. The van der Waals surface area contributed by atoms with Gasteiger partial charge in [0.05, 0.1) is 12.3 Å². The number of aromatic nitrogens is 4. The van der Waals surface area contributed by atoms with Crippen LogP contribution in [-0.4, -0.2) is 25.1 Å². The number of hydrogen-bond donors (Lipinski definition) is 1. The van der Waals surface area contributed by atoms with Crippen molar-refractivity contribution in [3.63, 3.8) is 0 Å². The van der Waals surface area contributed by atoms with Crippen LogP contribution < -0.4 is 0 Å². The fourth-order valence-electron chi connectivity index (χ4n) is 1.29. The van der Waals surface area contributed by atoms with Crippen LogP contribution >= 0.6 is 22.6 Å². The predicted molar refractivity (Wildman–Crippen MR) is 62.9 cm³/mol. The largest absolute Gasteiger partial charge is 0.390 e. The molecular formula is C9H9IN4O. The van der Waals surface area contributed by atoms with Crippen molar-refractivity contribution in [2.45, 2.75) is 6.61 Å². The lowest BCUT2D eigenvalue weighted by Crippen LogP contribution is -1.98. The van der Waals surface area contributed by atoms with Gasteiger partial charge in [-0.15, -0.1) is 5.10 Å². The quantitative estimate of drug-likeness (QED) is 0.662. The van der Waals surface area contributed by atoms with E-state index in [4.69, 9.17) is 0 Å². The molecule has 78 valence electrons. The highest BCUT2D eigenvalue weighted by Gasteiger charge is 2.11. The number of nitrogens with zero attached hydrogens (tertiary/aromatic N) is 4. The van der Waals surface area contributed by atoms with Gasteiger partial charge in [0.2, 0.25) is 0 Å². The van der Waals surface area contributed by atoms with E-state index < -0.39 is 0 Å². The van der Waals surface area contributed by atoms with Gasteiger partial charge in [-0.05, 0) is 34.7 Å². The molecule has 2 heterocycles. The highest BCUT2D eigenvalue weighted by molar-refractivity contribution is 14.1. The van der Waals surface area contributed by atoms with E-state index in [1.165, 1.54) is 0 Å². The average Bonchev–Trinajstić information content (AvgIpc) is 2.61. The Morgan fingerprint density at radius 2 is 2.27 bits per heavy atom. The van der Waals surface area contributed by atoms with Crippen LogP contribution in [0.15, 0.2) is 18.3 Å². The lowest BCUT2D eigenvalue weighted by atomic mass is 10.2. The zero-order chi connectivity index (χ0) is 10.8. The highest BCUT2D eigenvalue weighted by Crippen LogP contribution is 2.20. The van der Waals surface area contributed by atoms with E-state index >= 15 is 0 Å². The number of hydrogen-bond acceptors (Lipinski definition) is 4. The summed E-state index contributed by atoms with van der Waals surface area (Å²) in [6.45, 7) is -0.0786. The molecule has 0 aliphatic rings. The molecule has 2 rings (SSSR count). The molecule has 0 aliphatic carbocycles. The van der Waals surface area contributed by atoms with Crippen molar-refractivity contribution >= 4 is 22.6 Å². The molecule has 0 unspecified atom stereocenters. The summed E-state index contributed by atoms with van der Waals surface area (Å²) in [6.07, 6.45) is 1.73. The number of pyridine rings is 1. The van der Waals surface area contributed by atoms with Crippen molar-refractivity contribution in [2.24, 2.45) is 7.05 Å². The second-order valence-electron chi connectivity index (χ2n) is 3.04. The molecule has 0 bridgehead atoms. The van der Waals surface area contributed by atoms with Gasteiger partial charge in [0.1, 0.15) is 9.39 Å². The SMILES string of the molecule is Cn1nnc(-c2ccc(I)nc2)c1CO. The van der Waals surface area contributed by atoms with Gasteiger partial charge in [0.25, 0.3) is 0 Å². The number of rotatable bonds is 2. The van der Waals surface area contributed by atoms with E-state index in [1.807, 2.05) is 12.1 Å². The highest BCUT2D eigenvalue weighted by atomic mass is 127. The molecule has 2 aromatic rings. The normalized spacial score (nSPS) is 10.6. The zero-order valence-electron chi connectivity index (χ0n) is 8.05. The van der Waals surface area contributed by atoms with Crippen molar-refractivity contribution < 1.29 is 5.11 Å². The van der Waals surface area contributed by atoms with Gasteiger partial charge >= 0.3 is 0 Å². The zero-order valence-corrected chi connectivity index (χ0v) is 10.2. The molecule has 0 aromatic carbocycles. The number of aryl methyl sites for hydroxylation is 1. The predicted octanol–water partition coefficient (Wildman–Crippen LogP) is 0.974. The van der Waals surface area contributed by atoms with Crippen molar-refractivity contribution in [3.8, 4) is 11.3 Å². The molecule has 0 saturated heterocycles. The summed E-state index contributed by atoms with van der Waals surface area (Å²) in [5.41, 5.74) is 2.24. The van der Waals surface area contributed by atoms with Gasteiger partial charge in [-0.3, -0.25) is 0 Å². The van der Waals surface area contributed by atoms with Crippen LogP contribution in [0.1, 0.15) is 5.69 Å². The topological polar surface area (TPSA) is 63.8 Å². The summed E-state index contributed by atoms with van der Waals surface area (Å²) >= 11 is 2.14. The van der Waals surface area contributed by atoms with E-state index in [9.17, 15) is 5.11 Å². The Kier molecular flexibility index (Phi) is 2.96. The third kappa shape index (κ3) is 2.00. The molecule has 0 saturated carbocycles. The minimum atomic E-state index is -0.0786. The first-order chi connectivity index (χ1) is 7.22. The van der Waals surface area contributed by atoms with Crippen LogP contribution in [0, 0.1) is 3.70 Å². The summed E-state index contributed by atoms with van der Waals surface area (Å²) in [4.78, 5) is 4.17. The molecular weight excluding hydrogens is 307 g/mol. The molecule has 0 fully saturated rings. The monoisotopic (exact) mass is 316 g/mol. The second kappa shape index (κ2) is 4.23. The molecule has 1 N–H and O–H groups in total. The van der Waals surface area contributed by atoms with Crippen molar-refractivity contribution in [2.75, 3.05) is 0 Å². The Bertz CT molecular complexity index is 465. The fraction of sp³-hybridized carbons (Fsp3) is 0.222. The third-order valence-electron chi connectivity index (χ3n) is 2.09.